The smallest absolute Gasteiger partial charge is 0.319 e. The summed E-state index contributed by atoms with van der Waals surface area (Å²) >= 11 is 1.23. The van der Waals surface area contributed by atoms with Crippen LogP contribution in [0.2, 0.25) is 0 Å². The van der Waals surface area contributed by atoms with Gasteiger partial charge >= 0.3 is 6.03 Å². The maximum absolute atomic E-state index is 13.1. The Labute approximate surface area is 182 Å². The second-order valence-electron chi connectivity index (χ2n) is 6.91. The number of urea groups is 1. The van der Waals surface area contributed by atoms with Gasteiger partial charge in [-0.1, -0.05) is 12.1 Å². The zero-order valence-electron chi connectivity index (χ0n) is 16.9. The van der Waals surface area contributed by atoms with Crippen LogP contribution < -0.4 is 21.5 Å². The number of anilines is 1. The van der Waals surface area contributed by atoms with Crippen molar-refractivity contribution in [1.82, 2.24) is 16.2 Å². The van der Waals surface area contributed by atoms with E-state index in [0.717, 1.165) is 10.4 Å². The zero-order valence-corrected chi connectivity index (χ0v) is 17.7. The first kappa shape index (κ1) is 22.0. The van der Waals surface area contributed by atoms with Crippen LogP contribution in [0.3, 0.4) is 0 Å². The molecule has 0 atom stereocenters. The largest absolute Gasteiger partial charge is 0.336 e. The van der Waals surface area contributed by atoms with Gasteiger partial charge in [0.25, 0.3) is 11.8 Å². The fourth-order valence-corrected chi connectivity index (χ4v) is 3.52. The van der Waals surface area contributed by atoms with E-state index in [0.29, 0.717) is 16.1 Å². The molecule has 31 heavy (non-hydrogen) atoms. The lowest BCUT2D eigenvalue weighted by Gasteiger charge is -2.10. The monoisotopic (exact) mass is 440 g/mol. The van der Waals surface area contributed by atoms with E-state index in [1.165, 1.54) is 35.6 Å². The van der Waals surface area contributed by atoms with Crippen LogP contribution in [0, 0.1) is 5.82 Å². The third kappa shape index (κ3) is 6.13. The molecule has 0 radical (unpaired) electrons. The van der Waals surface area contributed by atoms with Crippen LogP contribution in [0.15, 0.2) is 60.7 Å². The van der Waals surface area contributed by atoms with Crippen LogP contribution in [0.5, 0.6) is 0 Å². The zero-order chi connectivity index (χ0) is 22.4. The second-order valence-corrected chi connectivity index (χ2v) is 7.99. The number of hydrazine groups is 1. The van der Waals surface area contributed by atoms with Crippen LogP contribution in [0.1, 0.15) is 33.9 Å². The lowest BCUT2D eigenvalue weighted by molar-refractivity contribution is 0.0849. The van der Waals surface area contributed by atoms with E-state index in [9.17, 15) is 18.8 Å². The van der Waals surface area contributed by atoms with Crippen molar-refractivity contribution in [1.29, 1.82) is 0 Å². The Balaban J connectivity index is 1.54. The fraction of sp³-hybridized carbons (Fsp3) is 0.136. The highest BCUT2D eigenvalue weighted by atomic mass is 32.1. The summed E-state index contributed by atoms with van der Waals surface area (Å²) in [4.78, 5) is 37.5. The summed E-state index contributed by atoms with van der Waals surface area (Å²) in [6, 6.07) is 15.3. The number of halogens is 1. The lowest BCUT2D eigenvalue weighted by atomic mass is 10.2. The predicted molar refractivity (Wildman–Crippen MR) is 118 cm³/mol. The molecule has 7 nitrogen and oxygen atoms in total. The highest BCUT2D eigenvalue weighted by Crippen LogP contribution is 2.28. The van der Waals surface area contributed by atoms with E-state index in [1.54, 1.807) is 36.4 Å². The summed E-state index contributed by atoms with van der Waals surface area (Å²) in [6.45, 7) is 3.70. The third-order valence-corrected chi connectivity index (χ3v) is 5.21. The number of thiophene rings is 1. The second kappa shape index (κ2) is 9.86. The Morgan fingerprint density at radius 1 is 0.839 bits per heavy atom. The van der Waals surface area contributed by atoms with Crippen molar-refractivity contribution in [3.8, 4) is 10.4 Å². The van der Waals surface area contributed by atoms with Gasteiger partial charge in [0.05, 0.1) is 4.88 Å². The first-order valence-electron chi connectivity index (χ1n) is 9.46. The molecule has 1 aromatic heterocycles. The molecule has 0 spiro atoms. The quantitative estimate of drug-likeness (QED) is 0.448. The van der Waals surface area contributed by atoms with Crippen LogP contribution >= 0.6 is 11.3 Å². The number of carbonyl (C=O) groups excluding carboxylic acids is 3. The molecule has 0 bridgehead atoms. The topological polar surface area (TPSA) is 99.3 Å². The Morgan fingerprint density at radius 3 is 2.13 bits per heavy atom. The molecule has 160 valence electrons. The van der Waals surface area contributed by atoms with Crippen LogP contribution in [-0.2, 0) is 0 Å². The van der Waals surface area contributed by atoms with Gasteiger partial charge in [-0.2, -0.15) is 0 Å². The summed E-state index contributed by atoms with van der Waals surface area (Å²) in [7, 11) is 0. The molecular weight excluding hydrogens is 419 g/mol. The van der Waals surface area contributed by atoms with Crippen molar-refractivity contribution >= 4 is 34.9 Å². The first-order valence-corrected chi connectivity index (χ1v) is 10.3. The van der Waals surface area contributed by atoms with E-state index < -0.39 is 11.8 Å². The van der Waals surface area contributed by atoms with Gasteiger partial charge in [0.1, 0.15) is 5.82 Å². The maximum Gasteiger partial charge on any atom is 0.319 e. The SMILES string of the molecule is CC(C)NC(=O)Nc1ccc(C(=O)NNC(=O)c2ccc(-c3ccc(F)cc3)s2)cc1. The molecule has 1 heterocycles. The van der Waals surface area contributed by atoms with Gasteiger partial charge in [0.2, 0.25) is 0 Å². The van der Waals surface area contributed by atoms with Gasteiger partial charge in [-0.15, -0.1) is 11.3 Å². The van der Waals surface area contributed by atoms with Crippen molar-refractivity contribution < 1.29 is 18.8 Å². The average molecular weight is 441 g/mol. The summed E-state index contributed by atoms with van der Waals surface area (Å²) in [5.74, 6) is -1.29. The number of carbonyl (C=O) groups is 3. The molecule has 0 saturated heterocycles. The van der Waals surface area contributed by atoms with Gasteiger partial charge in [-0.05, 0) is 67.9 Å². The molecule has 0 aliphatic rings. The number of benzene rings is 2. The van der Waals surface area contributed by atoms with Crippen molar-refractivity contribution in [3.05, 3.63) is 76.9 Å². The Hall–Kier alpha value is -3.72. The number of hydrogen-bond acceptors (Lipinski definition) is 4. The molecule has 0 unspecified atom stereocenters. The highest BCUT2D eigenvalue weighted by molar-refractivity contribution is 7.17. The number of amides is 4. The molecule has 3 rings (SSSR count). The number of nitrogens with one attached hydrogen (secondary N) is 4. The number of rotatable bonds is 5. The summed E-state index contributed by atoms with van der Waals surface area (Å²) in [6.07, 6.45) is 0. The van der Waals surface area contributed by atoms with Crippen LogP contribution in [-0.4, -0.2) is 23.9 Å². The predicted octanol–water partition coefficient (Wildman–Crippen LogP) is 4.16. The van der Waals surface area contributed by atoms with Gasteiger partial charge in [-0.25, -0.2) is 9.18 Å². The van der Waals surface area contributed by atoms with Gasteiger partial charge in [0, 0.05) is 22.2 Å². The molecule has 9 heteroatoms. The van der Waals surface area contributed by atoms with Crippen LogP contribution in [0.4, 0.5) is 14.9 Å². The highest BCUT2D eigenvalue weighted by Gasteiger charge is 2.13. The minimum atomic E-state index is -0.498. The van der Waals surface area contributed by atoms with E-state index in [1.807, 2.05) is 13.8 Å². The van der Waals surface area contributed by atoms with Crippen molar-refractivity contribution in [2.75, 3.05) is 5.32 Å². The van der Waals surface area contributed by atoms with E-state index in [2.05, 4.69) is 21.5 Å². The van der Waals surface area contributed by atoms with Crippen molar-refractivity contribution in [2.24, 2.45) is 0 Å². The standard InChI is InChI=1S/C22H21FN4O3S/c1-13(2)24-22(30)25-17-9-5-15(6-10-17)20(28)26-27-21(29)19-12-11-18(31-19)14-3-7-16(23)8-4-14/h3-13H,1-2H3,(H,26,28)(H,27,29)(H2,24,25,30). The van der Waals surface area contributed by atoms with Crippen molar-refractivity contribution in [2.45, 2.75) is 19.9 Å². The van der Waals surface area contributed by atoms with Crippen LogP contribution in [0.25, 0.3) is 10.4 Å². The van der Waals surface area contributed by atoms with Gasteiger partial charge in [0.15, 0.2) is 0 Å². The molecule has 0 saturated carbocycles. The molecule has 0 fully saturated rings. The molecule has 4 N–H and O–H groups in total. The maximum atomic E-state index is 13.1. The molecule has 4 amide bonds. The molecular formula is C22H21FN4O3S. The summed E-state index contributed by atoms with van der Waals surface area (Å²) in [5, 5.41) is 5.36. The molecule has 0 aliphatic carbocycles. The average Bonchev–Trinajstić information content (AvgIpc) is 3.22. The van der Waals surface area contributed by atoms with E-state index >= 15 is 0 Å². The molecule has 2 aromatic carbocycles. The minimum absolute atomic E-state index is 0.00350. The van der Waals surface area contributed by atoms with E-state index in [-0.39, 0.29) is 17.9 Å². The van der Waals surface area contributed by atoms with E-state index in [4.69, 9.17) is 0 Å². The Bertz CT molecular complexity index is 1080. The lowest BCUT2D eigenvalue weighted by Crippen LogP contribution is -2.41. The van der Waals surface area contributed by atoms with Crippen molar-refractivity contribution in [3.63, 3.8) is 0 Å². The number of hydrogen-bond donors (Lipinski definition) is 4. The minimum Gasteiger partial charge on any atom is -0.336 e. The summed E-state index contributed by atoms with van der Waals surface area (Å²) in [5.41, 5.74) is 6.37. The molecule has 3 aromatic rings. The Kier molecular flexibility index (Phi) is 6.99. The molecule has 0 aliphatic heterocycles. The third-order valence-electron chi connectivity index (χ3n) is 4.07. The van der Waals surface area contributed by atoms with Gasteiger partial charge < -0.3 is 10.6 Å². The van der Waals surface area contributed by atoms with Gasteiger partial charge in [-0.3, -0.25) is 20.4 Å². The summed E-state index contributed by atoms with van der Waals surface area (Å²) < 4.78 is 13.1. The normalized spacial score (nSPS) is 10.5. The fourth-order valence-electron chi connectivity index (χ4n) is 2.61. The first-order chi connectivity index (χ1) is 14.8. The Morgan fingerprint density at radius 2 is 1.48 bits per heavy atom.